The van der Waals surface area contributed by atoms with E-state index in [4.69, 9.17) is 0 Å². The molecule has 1 fully saturated rings. The van der Waals surface area contributed by atoms with Crippen LogP contribution in [-0.2, 0) is 20.8 Å². The van der Waals surface area contributed by atoms with Crippen molar-refractivity contribution in [2.75, 3.05) is 0 Å². The Morgan fingerprint density at radius 1 is 1.29 bits per heavy atom. The standard InChI is InChI=1S/C19H17N3O5S/c1-12(23)21-16(24)15(10-14-8-9-28-17(14)22(26)27)20-18(25)19(21,2)11-13-6-4-3-5-7-13/h3-10H,11H2,1-2H3,(H,20,25)/b15-10-. The minimum Gasteiger partial charge on any atom is -0.319 e. The third kappa shape index (κ3) is 3.44. The molecule has 3 rings (SSSR count). The number of nitrogens with one attached hydrogen (secondary N) is 1. The predicted molar refractivity (Wildman–Crippen MR) is 103 cm³/mol. The Labute approximate surface area is 164 Å². The molecule has 0 spiro atoms. The number of imide groups is 1. The smallest absolute Gasteiger partial charge is 0.319 e. The van der Waals surface area contributed by atoms with Crippen molar-refractivity contribution < 1.29 is 19.3 Å². The summed E-state index contributed by atoms with van der Waals surface area (Å²) in [5.74, 6) is -1.81. The van der Waals surface area contributed by atoms with Gasteiger partial charge in [0.1, 0.15) is 11.2 Å². The van der Waals surface area contributed by atoms with Crippen molar-refractivity contribution in [1.29, 1.82) is 0 Å². The van der Waals surface area contributed by atoms with E-state index in [1.54, 1.807) is 24.3 Å². The van der Waals surface area contributed by atoms with Crippen molar-refractivity contribution in [2.45, 2.75) is 25.8 Å². The van der Waals surface area contributed by atoms with Crippen molar-refractivity contribution in [2.24, 2.45) is 0 Å². The molecule has 3 amide bonds. The highest BCUT2D eigenvalue weighted by Gasteiger charge is 2.49. The topological polar surface area (TPSA) is 110 Å². The molecular formula is C19H17N3O5S. The van der Waals surface area contributed by atoms with Crippen LogP contribution in [0.1, 0.15) is 25.0 Å². The van der Waals surface area contributed by atoms with E-state index in [2.05, 4.69) is 5.32 Å². The lowest BCUT2D eigenvalue weighted by Gasteiger charge is -2.42. The highest BCUT2D eigenvalue weighted by atomic mass is 32.1. The molecular weight excluding hydrogens is 382 g/mol. The highest BCUT2D eigenvalue weighted by molar-refractivity contribution is 7.13. The van der Waals surface area contributed by atoms with Gasteiger partial charge in [0.2, 0.25) is 5.91 Å². The third-order valence-electron chi connectivity index (χ3n) is 4.51. The number of hydrogen-bond donors (Lipinski definition) is 1. The SMILES string of the molecule is CC(=O)N1C(=O)/C(=C/c2ccsc2[N+](=O)[O-])NC(=O)C1(C)Cc1ccccc1. The van der Waals surface area contributed by atoms with Crippen LogP contribution in [0.3, 0.4) is 0 Å². The van der Waals surface area contributed by atoms with Crippen LogP contribution in [0, 0.1) is 10.1 Å². The summed E-state index contributed by atoms with van der Waals surface area (Å²) in [4.78, 5) is 49.6. The Hall–Kier alpha value is -3.33. The van der Waals surface area contributed by atoms with Gasteiger partial charge < -0.3 is 5.32 Å². The molecule has 0 aliphatic carbocycles. The van der Waals surface area contributed by atoms with Gasteiger partial charge in [-0.1, -0.05) is 41.7 Å². The molecule has 9 heteroatoms. The van der Waals surface area contributed by atoms with E-state index in [0.29, 0.717) is 0 Å². The summed E-state index contributed by atoms with van der Waals surface area (Å²) < 4.78 is 0. The maximum absolute atomic E-state index is 13.0. The first-order chi connectivity index (χ1) is 13.2. The van der Waals surface area contributed by atoms with Crippen LogP contribution in [-0.4, -0.2) is 33.1 Å². The quantitative estimate of drug-likeness (QED) is 0.483. The Morgan fingerprint density at radius 3 is 2.57 bits per heavy atom. The number of rotatable bonds is 4. The summed E-state index contributed by atoms with van der Waals surface area (Å²) in [6.07, 6.45) is 1.38. The zero-order chi connectivity index (χ0) is 20.5. The van der Waals surface area contributed by atoms with Gasteiger partial charge in [-0.25, -0.2) is 0 Å². The summed E-state index contributed by atoms with van der Waals surface area (Å²) >= 11 is 0.909. The molecule has 2 aromatic rings. The highest BCUT2D eigenvalue weighted by Crippen LogP contribution is 2.31. The summed E-state index contributed by atoms with van der Waals surface area (Å²) in [6, 6.07) is 10.5. The fourth-order valence-corrected chi connectivity index (χ4v) is 3.92. The summed E-state index contributed by atoms with van der Waals surface area (Å²) in [5.41, 5.74) is -0.608. The molecule has 144 valence electrons. The Balaban J connectivity index is 2.01. The number of nitrogens with zero attached hydrogens (tertiary/aromatic N) is 2. The number of thiophene rings is 1. The molecule has 0 radical (unpaired) electrons. The molecule has 1 aliphatic heterocycles. The second-order valence-electron chi connectivity index (χ2n) is 6.55. The van der Waals surface area contributed by atoms with E-state index < -0.39 is 28.2 Å². The first-order valence-electron chi connectivity index (χ1n) is 8.38. The summed E-state index contributed by atoms with van der Waals surface area (Å²) in [6.45, 7) is 2.74. The van der Waals surface area contributed by atoms with Crippen molar-refractivity contribution in [3.63, 3.8) is 0 Å². The van der Waals surface area contributed by atoms with Gasteiger partial charge in [0.05, 0.1) is 10.5 Å². The zero-order valence-corrected chi connectivity index (χ0v) is 16.0. The Morgan fingerprint density at radius 2 is 1.96 bits per heavy atom. The normalized spacial score (nSPS) is 20.9. The molecule has 1 unspecified atom stereocenters. The van der Waals surface area contributed by atoms with E-state index in [9.17, 15) is 24.5 Å². The molecule has 0 bridgehead atoms. The fourth-order valence-electron chi connectivity index (χ4n) is 3.22. The van der Waals surface area contributed by atoms with Gasteiger partial charge in [0.25, 0.3) is 11.8 Å². The molecule has 8 nitrogen and oxygen atoms in total. The maximum Gasteiger partial charge on any atom is 0.331 e. The number of nitro groups is 1. The van der Waals surface area contributed by atoms with E-state index in [0.717, 1.165) is 21.8 Å². The van der Waals surface area contributed by atoms with E-state index in [-0.39, 0.29) is 22.7 Å². The van der Waals surface area contributed by atoms with Crippen molar-refractivity contribution in [3.8, 4) is 0 Å². The van der Waals surface area contributed by atoms with E-state index in [1.807, 2.05) is 6.07 Å². The van der Waals surface area contributed by atoms with E-state index >= 15 is 0 Å². The van der Waals surface area contributed by atoms with Crippen LogP contribution in [0.15, 0.2) is 47.5 Å². The largest absolute Gasteiger partial charge is 0.331 e. The first-order valence-corrected chi connectivity index (χ1v) is 9.26. The lowest BCUT2D eigenvalue weighted by Crippen LogP contribution is -2.67. The minimum absolute atomic E-state index is 0.150. The Bertz CT molecular complexity index is 998. The molecule has 2 heterocycles. The lowest BCUT2D eigenvalue weighted by atomic mass is 9.87. The zero-order valence-electron chi connectivity index (χ0n) is 15.2. The van der Waals surface area contributed by atoms with Crippen LogP contribution < -0.4 is 5.32 Å². The average molecular weight is 399 g/mol. The molecule has 1 aromatic heterocycles. The predicted octanol–water partition coefficient (Wildman–Crippen LogP) is 2.50. The molecule has 28 heavy (non-hydrogen) atoms. The second kappa shape index (κ2) is 7.35. The molecule has 1 atom stereocenters. The van der Waals surface area contributed by atoms with Crippen LogP contribution in [0.2, 0.25) is 0 Å². The van der Waals surface area contributed by atoms with Crippen molar-refractivity contribution in [3.05, 3.63) is 68.7 Å². The van der Waals surface area contributed by atoms with Crippen LogP contribution in [0.25, 0.3) is 6.08 Å². The number of amides is 3. The van der Waals surface area contributed by atoms with Gasteiger partial charge in [-0.15, -0.1) is 0 Å². The Kier molecular flexibility index (Phi) is 5.10. The van der Waals surface area contributed by atoms with Crippen molar-refractivity contribution >= 4 is 40.1 Å². The van der Waals surface area contributed by atoms with Gasteiger partial charge in [-0.3, -0.25) is 29.4 Å². The fraction of sp³-hybridized carbons (Fsp3) is 0.211. The monoisotopic (exact) mass is 399 g/mol. The molecule has 1 aromatic carbocycles. The summed E-state index contributed by atoms with van der Waals surface area (Å²) in [7, 11) is 0. The average Bonchev–Trinajstić information content (AvgIpc) is 3.09. The molecule has 1 N–H and O–H groups in total. The number of piperazine rings is 1. The van der Waals surface area contributed by atoms with Gasteiger partial charge in [0.15, 0.2) is 0 Å². The first kappa shape index (κ1) is 19.4. The van der Waals surface area contributed by atoms with Gasteiger partial charge in [-0.05, 0) is 30.0 Å². The van der Waals surface area contributed by atoms with Crippen LogP contribution >= 0.6 is 11.3 Å². The number of carbonyl (C=O) groups excluding carboxylic acids is 3. The van der Waals surface area contributed by atoms with Crippen LogP contribution in [0.4, 0.5) is 5.00 Å². The number of benzene rings is 1. The molecule has 0 saturated carbocycles. The van der Waals surface area contributed by atoms with E-state index in [1.165, 1.54) is 31.4 Å². The molecule has 1 aliphatic rings. The second-order valence-corrected chi connectivity index (χ2v) is 7.44. The number of carbonyl (C=O) groups is 3. The van der Waals surface area contributed by atoms with Gasteiger partial charge in [-0.2, -0.15) is 0 Å². The molecule has 1 saturated heterocycles. The lowest BCUT2D eigenvalue weighted by molar-refractivity contribution is -0.380. The maximum atomic E-state index is 13.0. The minimum atomic E-state index is -1.41. The number of hydrogen-bond acceptors (Lipinski definition) is 6. The van der Waals surface area contributed by atoms with Gasteiger partial charge >= 0.3 is 5.00 Å². The summed E-state index contributed by atoms with van der Waals surface area (Å²) in [5, 5.41) is 15.0. The van der Waals surface area contributed by atoms with Gasteiger partial charge in [0, 0.05) is 13.3 Å². The third-order valence-corrected chi connectivity index (χ3v) is 5.39. The van der Waals surface area contributed by atoms with Crippen LogP contribution in [0.5, 0.6) is 0 Å². The van der Waals surface area contributed by atoms with Crippen molar-refractivity contribution in [1.82, 2.24) is 10.2 Å².